The molecule has 0 saturated heterocycles. The Kier molecular flexibility index (Phi) is 6.45. The van der Waals surface area contributed by atoms with Crippen LogP contribution in [0, 0.1) is 5.82 Å². The number of hydrogen-bond donors (Lipinski definition) is 1. The van der Waals surface area contributed by atoms with Crippen LogP contribution in [0.3, 0.4) is 0 Å². The minimum absolute atomic E-state index is 0.0802. The molecule has 0 spiro atoms. The smallest absolute Gasteiger partial charge is 0.131 e. The minimum Gasteiger partial charge on any atom is -0.497 e. The SMILES string of the molecule is COc1ccc(C(C)NCCC(C)S(C)=O)c(F)c1. The van der Waals surface area contributed by atoms with Gasteiger partial charge in [0.25, 0.3) is 0 Å². The zero-order chi connectivity index (χ0) is 14.4. The largest absolute Gasteiger partial charge is 0.497 e. The topological polar surface area (TPSA) is 38.3 Å². The number of benzene rings is 1. The van der Waals surface area contributed by atoms with Crippen molar-refractivity contribution in [1.82, 2.24) is 5.32 Å². The molecule has 1 rings (SSSR count). The normalized spacial score (nSPS) is 15.8. The first-order chi connectivity index (χ1) is 8.95. The van der Waals surface area contributed by atoms with Crippen LogP contribution < -0.4 is 10.1 Å². The van der Waals surface area contributed by atoms with Gasteiger partial charge in [-0.2, -0.15) is 0 Å². The molecule has 0 radical (unpaired) electrons. The Morgan fingerprint density at radius 2 is 2.11 bits per heavy atom. The van der Waals surface area contributed by atoms with Crippen molar-refractivity contribution in [1.29, 1.82) is 0 Å². The Morgan fingerprint density at radius 1 is 1.42 bits per heavy atom. The van der Waals surface area contributed by atoms with Gasteiger partial charge in [0, 0.05) is 40.0 Å². The third-order valence-electron chi connectivity index (χ3n) is 3.24. The van der Waals surface area contributed by atoms with Crippen molar-refractivity contribution in [2.75, 3.05) is 19.9 Å². The van der Waals surface area contributed by atoms with Crippen LogP contribution in [0.2, 0.25) is 0 Å². The van der Waals surface area contributed by atoms with E-state index in [0.29, 0.717) is 17.9 Å². The zero-order valence-corrected chi connectivity index (χ0v) is 12.7. The maximum absolute atomic E-state index is 13.8. The maximum Gasteiger partial charge on any atom is 0.131 e. The fourth-order valence-corrected chi connectivity index (χ4v) is 2.21. The van der Waals surface area contributed by atoms with Crippen molar-refractivity contribution in [3.05, 3.63) is 29.6 Å². The van der Waals surface area contributed by atoms with Crippen molar-refractivity contribution in [2.24, 2.45) is 0 Å². The van der Waals surface area contributed by atoms with E-state index in [1.165, 1.54) is 13.2 Å². The first-order valence-corrected chi connectivity index (χ1v) is 7.97. The van der Waals surface area contributed by atoms with Crippen LogP contribution in [0.5, 0.6) is 5.75 Å². The molecule has 3 unspecified atom stereocenters. The van der Waals surface area contributed by atoms with Gasteiger partial charge in [-0.05, 0) is 26.0 Å². The highest BCUT2D eigenvalue weighted by molar-refractivity contribution is 7.84. The average molecular weight is 287 g/mol. The molecule has 19 heavy (non-hydrogen) atoms. The Hall–Kier alpha value is -0.940. The quantitative estimate of drug-likeness (QED) is 0.838. The lowest BCUT2D eigenvalue weighted by molar-refractivity contribution is 0.409. The van der Waals surface area contributed by atoms with Crippen LogP contribution in [-0.4, -0.2) is 29.4 Å². The molecule has 0 fully saturated rings. The molecule has 3 atom stereocenters. The predicted octanol–water partition coefficient (Wildman–Crippen LogP) is 2.64. The summed E-state index contributed by atoms with van der Waals surface area (Å²) in [5, 5.41) is 3.40. The summed E-state index contributed by atoms with van der Waals surface area (Å²) >= 11 is 0. The van der Waals surface area contributed by atoms with Gasteiger partial charge >= 0.3 is 0 Å². The highest BCUT2D eigenvalue weighted by atomic mass is 32.2. The molecule has 0 amide bonds. The molecular formula is C14H22FNO2S. The van der Waals surface area contributed by atoms with Gasteiger partial charge in [-0.1, -0.05) is 13.0 Å². The lowest BCUT2D eigenvalue weighted by atomic mass is 10.1. The Labute approximate surface area is 117 Å². The van der Waals surface area contributed by atoms with E-state index in [9.17, 15) is 8.60 Å². The second kappa shape index (κ2) is 7.60. The molecule has 0 aliphatic heterocycles. The average Bonchev–Trinajstić information content (AvgIpc) is 2.37. The molecule has 0 aliphatic carbocycles. The van der Waals surface area contributed by atoms with E-state index in [1.807, 2.05) is 13.8 Å². The second-order valence-electron chi connectivity index (χ2n) is 4.66. The van der Waals surface area contributed by atoms with Crippen molar-refractivity contribution in [2.45, 2.75) is 31.6 Å². The summed E-state index contributed by atoms with van der Waals surface area (Å²) in [6.07, 6.45) is 2.52. The summed E-state index contributed by atoms with van der Waals surface area (Å²) in [6.45, 7) is 4.59. The van der Waals surface area contributed by atoms with Crippen LogP contribution in [-0.2, 0) is 10.8 Å². The lowest BCUT2D eigenvalue weighted by Gasteiger charge is -2.17. The van der Waals surface area contributed by atoms with Gasteiger partial charge in [-0.3, -0.25) is 4.21 Å². The molecule has 1 N–H and O–H groups in total. The number of rotatable bonds is 7. The molecule has 0 aromatic heterocycles. The zero-order valence-electron chi connectivity index (χ0n) is 11.9. The van der Waals surface area contributed by atoms with E-state index in [-0.39, 0.29) is 17.1 Å². The monoisotopic (exact) mass is 287 g/mol. The van der Waals surface area contributed by atoms with E-state index >= 15 is 0 Å². The van der Waals surface area contributed by atoms with E-state index in [2.05, 4.69) is 5.32 Å². The summed E-state index contributed by atoms with van der Waals surface area (Å²) in [5.74, 6) is 0.245. The Bertz CT molecular complexity index is 439. The molecule has 0 aliphatic rings. The van der Waals surface area contributed by atoms with Gasteiger partial charge in [0.15, 0.2) is 0 Å². The van der Waals surface area contributed by atoms with Gasteiger partial charge in [0.05, 0.1) is 7.11 Å². The molecule has 3 nitrogen and oxygen atoms in total. The van der Waals surface area contributed by atoms with Crippen molar-refractivity contribution < 1.29 is 13.3 Å². The molecule has 0 heterocycles. The lowest BCUT2D eigenvalue weighted by Crippen LogP contribution is -2.24. The number of ether oxygens (including phenoxy) is 1. The first kappa shape index (κ1) is 16.1. The highest BCUT2D eigenvalue weighted by Gasteiger charge is 2.12. The van der Waals surface area contributed by atoms with Crippen molar-refractivity contribution in [3.63, 3.8) is 0 Å². The van der Waals surface area contributed by atoms with Gasteiger partial charge in [0.2, 0.25) is 0 Å². The van der Waals surface area contributed by atoms with Crippen LogP contribution in [0.4, 0.5) is 4.39 Å². The Morgan fingerprint density at radius 3 is 2.63 bits per heavy atom. The predicted molar refractivity (Wildman–Crippen MR) is 77.5 cm³/mol. The first-order valence-electron chi connectivity index (χ1n) is 6.34. The van der Waals surface area contributed by atoms with Crippen LogP contribution in [0.1, 0.15) is 31.9 Å². The molecule has 5 heteroatoms. The van der Waals surface area contributed by atoms with E-state index < -0.39 is 10.8 Å². The van der Waals surface area contributed by atoms with Crippen LogP contribution >= 0.6 is 0 Å². The number of hydrogen-bond acceptors (Lipinski definition) is 3. The summed E-state index contributed by atoms with van der Waals surface area (Å²) in [5.41, 5.74) is 0.617. The minimum atomic E-state index is -0.809. The molecule has 108 valence electrons. The van der Waals surface area contributed by atoms with Gasteiger partial charge < -0.3 is 10.1 Å². The van der Waals surface area contributed by atoms with Gasteiger partial charge in [-0.15, -0.1) is 0 Å². The van der Waals surface area contributed by atoms with Gasteiger partial charge in [-0.25, -0.2) is 4.39 Å². The Balaban J connectivity index is 2.54. The van der Waals surface area contributed by atoms with E-state index in [0.717, 1.165) is 6.42 Å². The van der Waals surface area contributed by atoms with E-state index in [1.54, 1.807) is 18.4 Å². The third kappa shape index (κ3) is 4.91. The van der Waals surface area contributed by atoms with E-state index in [4.69, 9.17) is 4.74 Å². The summed E-state index contributed by atoms with van der Waals surface area (Å²) in [4.78, 5) is 0. The standard InChI is InChI=1S/C14H22FNO2S/c1-10(19(4)17)7-8-16-11(2)13-6-5-12(18-3)9-14(13)15/h5-6,9-11,16H,7-8H2,1-4H3. The summed E-state index contributed by atoms with van der Waals surface area (Å²) in [6, 6.07) is 4.79. The second-order valence-corrected chi connectivity index (χ2v) is 6.46. The fraction of sp³-hybridized carbons (Fsp3) is 0.571. The molecule has 1 aromatic rings. The summed E-state index contributed by atoms with van der Waals surface area (Å²) in [7, 11) is 0.707. The molecule has 0 bridgehead atoms. The molecule has 1 aromatic carbocycles. The highest BCUT2D eigenvalue weighted by Crippen LogP contribution is 2.21. The number of methoxy groups -OCH3 is 1. The maximum atomic E-state index is 13.8. The molecule has 0 saturated carbocycles. The number of halogens is 1. The summed E-state index contributed by atoms with van der Waals surface area (Å²) < 4.78 is 30.0. The number of nitrogens with one attached hydrogen (secondary N) is 1. The fourth-order valence-electron chi connectivity index (χ4n) is 1.77. The van der Waals surface area contributed by atoms with Gasteiger partial charge in [0.1, 0.15) is 11.6 Å². The van der Waals surface area contributed by atoms with Crippen LogP contribution in [0.15, 0.2) is 18.2 Å². The van der Waals surface area contributed by atoms with Crippen LogP contribution in [0.25, 0.3) is 0 Å². The van der Waals surface area contributed by atoms with Crippen molar-refractivity contribution >= 4 is 10.8 Å². The third-order valence-corrected chi connectivity index (χ3v) is 4.61. The molecular weight excluding hydrogens is 265 g/mol. The van der Waals surface area contributed by atoms with Crippen molar-refractivity contribution in [3.8, 4) is 5.75 Å².